The SMILES string of the molecule is CN(C)CCOc1ccc(C(=C(CCCl)c2ccccc2)c2ccc(O)cc2)cc1. The van der Waals surface area contributed by atoms with Crippen molar-refractivity contribution in [3.63, 3.8) is 0 Å². The fourth-order valence-corrected chi connectivity index (χ4v) is 3.54. The first-order valence-corrected chi connectivity index (χ1v) is 10.6. The summed E-state index contributed by atoms with van der Waals surface area (Å²) in [4.78, 5) is 2.10. The standard InChI is InChI=1S/C26H28ClNO2/c1-28(2)18-19-30-24-14-10-22(11-15-24)26(21-8-12-23(29)13-9-21)25(16-17-27)20-6-4-3-5-7-20/h3-15,29H,16-19H2,1-2H3. The summed E-state index contributed by atoms with van der Waals surface area (Å²) in [7, 11) is 4.06. The average Bonchev–Trinajstić information content (AvgIpc) is 2.76. The summed E-state index contributed by atoms with van der Waals surface area (Å²) in [6.07, 6.45) is 0.739. The first-order chi connectivity index (χ1) is 14.6. The molecule has 0 aliphatic heterocycles. The fourth-order valence-electron chi connectivity index (χ4n) is 3.35. The number of alkyl halides is 1. The van der Waals surface area contributed by atoms with Crippen molar-refractivity contribution in [3.8, 4) is 11.5 Å². The molecule has 3 aromatic carbocycles. The van der Waals surface area contributed by atoms with Gasteiger partial charge < -0.3 is 14.7 Å². The summed E-state index contributed by atoms with van der Waals surface area (Å²) >= 11 is 6.20. The Morgan fingerprint density at radius 1 is 0.833 bits per heavy atom. The molecule has 3 nitrogen and oxygen atoms in total. The Balaban J connectivity index is 2.04. The number of phenols is 1. The molecule has 0 amide bonds. The summed E-state index contributed by atoms with van der Waals surface area (Å²) in [5, 5.41) is 9.77. The summed E-state index contributed by atoms with van der Waals surface area (Å²) in [6.45, 7) is 1.52. The zero-order chi connectivity index (χ0) is 21.3. The van der Waals surface area contributed by atoms with Crippen LogP contribution in [0, 0.1) is 0 Å². The van der Waals surface area contributed by atoms with Crippen LogP contribution in [-0.2, 0) is 0 Å². The Hall–Kier alpha value is -2.75. The van der Waals surface area contributed by atoms with Crippen LogP contribution in [0.5, 0.6) is 11.5 Å². The number of aromatic hydroxyl groups is 1. The molecule has 3 aromatic rings. The molecule has 0 spiro atoms. The van der Waals surface area contributed by atoms with E-state index in [2.05, 4.69) is 29.2 Å². The summed E-state index contributed by atoms with van der Waals surface area (Å²) < 4.78 is 5.85. The van der Waals surface area contributed by atoms with E-state index in [0.29, 0.717) is 12.5 Å². The van der Waals surface area contributed by atoms with E-state index in [1.54, 1.807) is 12.1 Å². The lowest BCUT2D eigenvalue weighted by Gasteiger charge is -2.17. The zero-order valence-corrected chi connectivity index (χ0v) is 18.3. The second-order valence-electron chi connectivity index (χ2n) is 7.38. The van der Waals surface area contributed by atoms with Crippen LogP contribution in [0.25, 0.3) is 11.1 Å². The van der Waals surface area contributed by atoms with E-state index in [0.717, 1.165) is 41.0 Å². The molecule has 0 saturated carbocycles. The number of nitrogens with zero attached hydrogens (tertiary/aromatic N) is 1. The molecule has 156 valence electrons. The van der Waals surface area contributed by atoms with Crippen molar-refractivity contribution in [2.24, 2.45) is 0 Å². The number of likely N-dealkylation sites (N-methyl/N-ethyl adjacent to an activating group) is 1. The first-order valence-electron chi connectivity index (χ1n) is 10.1. The molecule has 4 heteroatoms. The molecule has 0 fully saturated rings. The van der Waals surface area contributed by atoms with E-state index in [1.165, 1.54) is 5.57 Å². The number of benzene rings is 3. The third-order valence-electron chi connectivity index (χ3n) is 4.87. The minimum absolute atomic E-state index is 0.251. The highest BCUT2D eigenvalue weighted by molar-refractivity contribution is 6.18. The fraction of sp³-hybridized carbons (Fsp3) is 0.231. The van der Waals surface area contributed by atoms with Crippen molar-refractivity contribution >= 4 is 22.7 Å². The third kappa shape index (κ3) is 5.88. The van der Waals surface area contributed by atoms with Gasteiger partial charge in [0, 0.05) is 12.4 Å². The number of phenolic OH excluding ortho intramolecular Hbond substituents is 1. The second kappa shape index (κ2) is 10.9. The number of allylic oxidation sites excluding steroid dienone is 1. The Labute approximate surface area is 184 Å². The predicted molar refractivity (Wildman–Crippen MR) is 126 cm³/mol. The summed E-state index contributed by atoms with van der Waals surface area (Å²) in [6, 6.07) is 25.9. The van der Waals surface area contributed by atoms with E-state index in [1.807, 2.05) is 56.6 Å². The molecular weight excluding hydrogens is 394 g/mol. The predicted octanol–water partition coefficient (Wildman–Crippen LogP) is 5.92. The van der Waals surface area contributed by atoms with Crippen LogP contribution in [-0.4, -0.2) is 43.1 Å². The van der Waals surface area contributed by atoms with Crippen molar-refractivity contribution in [2.45, 2.75) is 6.42 Å². The number of hydrogen-bond donors (Lipinski definition) is 1. The maximum atomic E-state index is 9.77. The quantitative estimate of drug-likeness (QED) is 0.344. The lowest BCUT2D eigenvalue weighted by Crippen LogP contribution is -2.19. The topological polar surface area (TPSA) is 32.7 Å². The molecular formula is C26H28ClNO2. The number of ether oxygens (including phenoxy) is 1. The molecule has 0 saturated heterocycles. The van der Waals surface area contributed by atoms with Gasteiger partial charge >= 0.3 is 0 Å². The van der Waals surface area contributed by atoms with Crippen molar-refractivity contribution in [2.75, 3.05) is 33.1 Å². The smallest absolute Gasteiger partial charge is 0.119 e. The van der Waals surface area contributed by atoms with Gasteiger partial charge in [0.25, 0.3) is 0 Å². The van der Waals surface area contributed by atoms with Crippen molar-refractivity contribution in [1.82, 2.24) is 4.90 Å². The minimum Gasteiger partial charge on any atom is -0.508 e. The zero-order valence-electron chi connectivity index (χ0n) is 17.5. The van der Waals surface area contributed by atoms with Crippen LogP contribution in [0.15, 0.2) is 78.9 Å². The van der Waals surface area contributed by atoms with Crippen LogP contribution >= 0.6 is 11.6 Å². The van der Waals surface area contributed by atoms with Crippen LogP contribution in [0.1, 0.15) is 23.1 Å². The van der Waals surface area contributed by atoms with Gasteiger partial charge in [0.2, 0.25) is 0 Å². The number of hydrogen-bond acceptors (Lipinski definition) is 3. The van der Waals surface area contributed by atoms with Gasteiger partial charge in [-0.1, -0.05) is 54.6 Å². The molecule has 0 atom stereocenters. The van der Waals surface area contributed by atoms with Crippen LogP contribution < -0.4 is 4.74 Å². The molecule has 0 aromatic heterocycles. The average molecular weight is 422 g/mol. The monoisotopic (exact) mass is 421 g/mol. The van der Waals surface area contributed by atoms with Gasteiger partial charge in [-0.15, -0.1) is 11.6 Å². The van der Waals surface area contributed by atoms with E-state index < -0.39 is 0 Å². The molecule has 0 heterocycles. The molecule has 3 rings (SSSR count). The molecule has 30 heavy (non-hydrogen) atoms. The van der Waals surface area contributed by atoms with Crippen molar-refractivity contribution in [1.29, 1.82) is 0 Å². The molecule has 1 N–H and O–H groups in total. The molecule has 0 aliphatic carbocycles. The highest BCUT2D eigenvalue weighted by Gasteiger charge is 2.14. The van der Waals surface area contributed by atoms with Gasteiger partial charge in [-0.2, -0.15) is 0 Å². The van der Waals surface area contributed by atoms with Gasteiger partial charge in [0.15, 0.2) is 0 Å². The van der Waals surface area contributed by atoms with Crippen molar-refractivity contribution in [3.05, 3.63) is 95.6 Å². The lowest BCUT2D eigenvalue weighted by atomic mass is 9.88. The minimum atomic E-state index is 0.251. The van der Waals surface area contributed by atoms with Crippen molar-refractivity contribution < 1.29 is 9.84 Å². The normalized spacial score (nSPS) is 12.0. The highest BCUT2D eigenvalue weighted by atomic mass is 35.5. The lowest BCUT2D eigenvalue weighted by molar-refractivity contribution is 0.261. The van der Waals surface area contributed by atoms with Crippen LogP contribution in [0.3, 0.4) is 0 Å². The summed E-state index contributed by atoms with van der Waals surface area (Å²) in [5.41, 5.74) is 5.56. The maximum Gasteiger partial charge on any atom is 0.119 e. The Morgan fingerprint density at radius 2 is 1.43 bits per heavy atom. The van der Waals surface area contributed by atoms with Crippen LogP contribution in [0.4, 0.5) is 0 Å². The third-order valence-corrected chi connectivity index (χ3v) is 5.06. The molecule has 0 radical (unpaired) electrons. The molecule has 0 bridgehead atoms. The second-order valence-corrected chi connectivity index (χ2v) is 7.76. The van der Waals surface area contributed by atoms with E-state index in [4.69, 9.17) is 16.3 Å². The van der Waals surface area contributed by atoms with Gasteiger partial charge in [0.05, 0.1) is 0 Å². The number of rotatable bonds is 9. The van der Waals surface area contributed by atoms with Crippen LogP contribution in [0.2, 0.25) is 0 Å². The van der Waals surface area contributed by atoms with E-state index in [9.17, 15) is 5.11 Å². The van der Waals surface area contributed by atoms with E-state index >= 15 is 0 Å². The Morgan fingerprint density at radius 3 is 2.00 bits per heavy atom. The van der Waals surface area contributed by atoms with E-state index in [-0.39, 0.29) is 5.75 Å². The first kappa shape index (κ1) is 21.9. The number of halogens is 1. The Bertz CT molecular complexity index is 949. The van der Waals surface area contributed by atoms with Gasteiger partial charge in [-0.05, 0) is 72.6 Å². The van der Waals surface area contributed by atoms with Gasteiger partial charge in [-0.3, -0.25) is 0 Å². The summed E-state index contributed by atoms with van der Waals surface area (Å²) in [5.74, 6) is 1.63. The highest BCUT2D eigenvalue weighted by Crippen LogP contribution is 2.35. The largest absolute Gasteiger partial charge is 0.508 e. The molecule has 0 aliphatic rings. The molecule has 0 unspecified atom stereocenters. The van der Waals surface area contributed by atoms with Gasteiger partial charge in [0.1, 0.15) is 18.1 Å². The van der Waals surface area contributed by atoms with Gasteiger partial charge in [-0.25, -0.2) is 0 Å². The Kier molecular flexibility index (Phi) is 7.95. The maximum absolute atomic E-state index is 9.77.